The molecule has 156 valence electrons. The SMILES string of the molecule is O=C(NCC[C@H]1CC[C@H](NS(=O)(=O)Cc2ccccc2)[C@@H](CO)O1)C1CCC1. The van der Waals surface area contributed by atoms with E-state index in [2.05, 4.69) is 10.0 Å². The van der Waals surface area contributed by atoms with E-state index in [0.717, 1.165) is 19.3 Å². The highest BCUT2D eigenvalue weighted by atomic mass is 32.2. The second kappa shape index (κ2) is 9.82. The maximum atomic E-state index is 12.5. The molecule has 2 fully saturated rings. The van der Waals surface area contributed by atoms with Gasteiger partial charge < -0.3 is 15.2 Å². The lowest BCUT2D eigenvalue weighted by Crippen LogP contribution is -2.51. The van der Waals surface area contributed by atoms with Gasteiger partial charge in [0.2, 0.25) is 15.9 Å². The summed E-state index contributed by atoms with van der Waals surface area (Å²) in [6, 6.07) is 8.55. The molecule has 1 aliphatic heterocycles. The lowest BCUT2D eigenvalue weighted by atomic mass is 9.85. The Morgan fingerprint density at radius 1 is 1.14 bits per heavy atom. The van der Waals surface area contributed by atoms with Gasteiger partial charge in [-0.3, -0.25) is 4.79 Å². The number of carbonyl (C=O) groups is 1. The number of carbonyl (C=O) groups excluding carboxylic acids is 1. The molecule has 1 aliphatic carbocycles. The number of nitrogens with one attached hydrogen (secondary N) is 2. The predicted octanol–water partition coefficient (Wildman–Crippen LogP) is 1.32. The average molecular weight is 411 g/mol. The van der Waals surface area contributed by atoms with Crippen molar-refractivity contribution in [2.45, 2.75) is 62.5 Å². The first-order chi connectivity index (χ1) is 13.5. The predicted molar refractivity (Wildman–Crippen MR) is 106 cm³/mol. The zero-order valence-corrected chi connectivity index (χ0v) is 16.9. The molecule has 2 aliphatic rings. The molecular weight excluding hydrogens is 380 g/mol. The Morgan fingerprint density at radius 2 is 1.89 bits per heavy atom. The van der Waals surface area contributed by atoms with Gasteiger partial charge in [-0.05, 0) is 37.7 Å². The Morgan fingerprint density at radius 3 is 2.54 bits per heavy atom. The molecule has 7 nitrogen and oxygen atoms in total. The monoisotopic (exact) mass is 410 g/mol. The maximum Gasteiger partial charge on any atom is 0.223 e. The van der Waals surface area contributed by atoms with Gasteiger partial charge in [0, 0.05) is 12.5 Å². The quantitative estimate of drug-likeness (QED) is 0.570. The number of benzene rings is 1. The van der Waals surface area contributed by atoms with E-state index < -0.39 is 22.2 Å². The second-order valence-corrected chi connectivity index (χ2v) is 9.49. The number of aliphatic hydroxyl groups excluding tert-OH is 1. The zero-order chi connectivity index (χ0) is 20.0. The van der Waals surface area contributed by atoms with Gasteiger partial charge >= 0.3 is 0 Å². The Labute approximate surface area is 166 Å². The molecule has 3 N–H and O–H groups in total. The van der Waals surface area contributed by atoms with Gasteiger partial charge in [0.15, 0.2) is 0 Å². The number of rotatable bonds is 9. The van der Waals surface area contributed by atoms with E-state index in [1.165, 1.54) is 0 Å². The highest BCUT2D eigenvalue weighted by molar-refractivity contribution is 7.88. The van der Waals surface area contributed by atoms with Gasteiger partial charge in [-0.1, -0.05) is 36.8 Å². The Balaban J connectivity index is 1.45. The van der Waals surface area contributed by atoms with Crippen LogP contribution in [-0.2, 0) is 25.3 Å². The number of sulfonamides is 1. The minimum Gasteiger partial charge on any atom is -0.394 e. The van der Waals surface area contributed by atoms with Crippen molar-refractivity contribution in [3.63, 3.8) is 0 Å². The van der Waals surface area contributed by atoms with Crippen molar-refractivity contribution >= 4 is 15.9 Å². The molecule has 1 aromatic rings. The molecule has 3 rings (SSSR count). The van der Waals surface area contributed by atoms with Gasteiger partial charge in [-0.2, -0.15) is 0 Å². The Hall–Kier alpha value is -1.48. The van der Waals surface area contributed by atoms with Gasteiger partial charge in [-0.15, -0.1) is 0 Å². The molecule has 28 heavy (non-hydrogen) atoms. The second-order valence-electron chi connectivity index (χ2n) is 7.73. The summed E-state index contributed by atoms with van der Waals surface area (Å²) < 4.78 is 33.5. The summed E-state index contributed by atoms with van der Waals surface area (Å²) in [5.74, 6) is 0.187. The van der Waals surface area contributed by atoms with Crippen LogP contribution in [0.25, 0.3) is 0 Å². The summed E-state index contributed by atoms with van der Waals surface area (Å²) in [6.45, 7) is 0.298. The lowest BCUT2D eigenvalue weighted by molar-refractivity contribution is -0.127. The van der Waals surface area contributed by atoms with Crippen LogP contribution in [0.15, 0.2) is 30.3 Å². The van der Waals surface area contributed by atoms with Crippen LogP contribution in [-0.4, -0.2) is 50.8 Å². The minimum absolute atomic E-state index is 0.0892. The first-order valence-corrected chi connectivity index (χ1v) is 11.7. The molecule has 0 spiro atoms. The van der Waals surface area contributed by atoms with E-state index >= 15 is 0 Å². The van der Waals surface area contributed by atoms with Crippen LogP contribution in [0.2, 0.25) is 0 Å². The highest BCUT2D eigenvalue weighted by Gasteiger charge is 2.33. The fourth-order valence-electron chi connectivity index (χ4n) is 3.72. The maximum absolute atomic E-state index is 12.5. The van der Waals surface area contributed by atoms with Crippen LogP contribution in [0, 0.1) is 5.92 Å². The standard InChI is InChI=1S/C20H30N2O5S/c23-13-19-18(22-28(25,26)14-15-5-2-1-3-6-15)10-9-17(27-19)11-12-21-20(24)16-7-4-8-16/h1-3,5-6,16-19,22-23H,4,7-14H2,(H,21,24)/t17-,18+,19-/m1/s1. The molecule has 0 bridgehead atoms. The topological polar surface area (TPSA) is 105 Å². The molecule has 1 heterocycles. The molecule has 1 aromatic carbocycles. The van der Waals surface area contributed by atoms with Crippen LogP contribution in [0.5, 0.6) is 0 Å². The summed E-state index contributed by atoms with van der Waals surface area (Å²) in [7, 11) is -3.53. The molecule has 3 atom stereocenters. The summed E-state index contributed by atoms with van der Waals surface area (Å²) in [5.41, 5.74) is 0.715. The third-order valence-electron chi connectivity index (χ3n) is 5.57. The third kappa shape index (κ3) is 6.01. The molecule has 0 radical (unpaired) electrons. The molecule has 0 unspecified atom stereocenters. The normalized spacial score (nSPS) is 25.8. The first-order valence-electron chi connectivity index (χ1n) is 10.0. The van der Waals surface area contributed by atoms with Crippen molar-refractivity contribution in [2.75, 3.05) is 13.2 Å². The number of aliphatic hydroxyl groups is 1. The number of hydrogen-bond donors (Lipinski definition) is 3. The van der Waals surface area contributed by atoms with Crippen molar-refractivity contribution in [1.29, 1.82) is 0 Å². The van der Waals surface area contributed by atoms with Gasteiger partial charge in [0.05, 0.1) is 30.6 Å². The van der Waals surface area contributed by atoms with Crippen LogP contribution in [0.3, 0.4) is 0 Å². The Bertz CT molecular complexity index is 736. The van der Waals surface area contributed by atoms with E-state index in [0.29, 0.717) is 31.4 Å². The summed E-state index contributed by atoms with van der Waals surface area (Å²) in [4.78, 5) is 11.9. The molecular formula is C20H30N2O5S. The zero-order valence-electron chi connectivity index (χ0n) is 16.0. The first kappa shape index (κ1) is 21.2. The van der Waals surface area contributed by atoms with Crippen LogP contribution >= 0.6 is 0 Å². The third-order valence-corrected chi connectivity index (χ3v) is 6.94. The van der Waals surface area contributed by atoms with Crippen molar-refractivity contribution in [1.82, 2.24) is 10.0 Å². The van der Waals surface area contributed by atoms with E-state index in [1.807, 2.05) is 6.07 Å². The highest BCUT2D eigenvalue weighted by Crippen LogP contribution is 2.26. The summed E-state index contributed by atoms with van der Waals surface area (Å²) in [5, 5.41) is 12.6. The molecule has 1 saturated heterocycles. The van der Waals surface area contributed by atoms with Gasteiger partial charge in [0.1, 0.15) is 0 Å². The largest absolute Gasteiger partial charge is 0.394 e. The van der Waals surface area contributed by atoms with Crippen molar-refractivity contribution in [3.05, 3.63) is 35.9 Å². The Kier molecular flexibility index (Phi) is 7.45. The van der Waals surface area contributed by atoms with Crippen molar-refractivity contribution in [2.24, 2.45) is 5.92 Å². The number of hydrogen-bond acceptors (Lipinski definition) is 5. The fourth-order valence-corrected chi connectivity index (χ4v) is 5.16. The lowest BCUT2D eigenvalue weighted by Gasteiger charge is -2.36. The molecule has 0 aromatic heterocycles. The van der Waals surface area contributed by atoms with Crippen LogP contribution in [0.1, 0.15) is 44.1 Å². The van der Waals surface area contributed by atoms with E-state index in [1.54, 1.807) is 24.3 Å². The van der Waals surface area contributed by atoms with Crippen LogP contribution in [0.4, 0.5) is 0 Å². The van der Waals surface area contributed by atoms with Gasteiger partial charge in [-0.25, -0.2) is 13.1 Å². The summed E-state index contributed by atoms with van der Waals surface area (Å²) in [6.07, 6.45) is 4.36. The van der Waals surface area contributed by atoms with Crippen LogP contribution < -0.4 is 10.0 Å². The number of ether oxygens (including phenoxy) is 1. The molecule has 1 amide bonds. The minimum atomic E-state index is -3.53. The van der Waals surface area contributed by atoms with Crippen molar-refractivity contribution in [3.8, 4) is 0 Å². The molecule has 1 saturated carbocycles. The fraction of sp³-hybridized carbons (Fsp3) is 0.650. The van der Waals surface area contributed by atoms with Gasteiger partial charge in [0.25, 0.3) is 0 Å². The average Bonchev–Trinajstić information content (AvgIpc) is 2.61. The molecule has 8 heteroatoms. The summed E-state index contributed by atoms with van der Waals surface area (Å²) >= 11 is 0. The van der Waals surface area contributed by atoms with E-state index in [9.17, 15) is 18.3 Å². The van der Waals surface area contributed by atoms with E-state index in [-0.39, 0.29) is 30.3 Å². The number of amides is 1. The smallest absolute Gasteiger partial charge is 0.223 e. The van der Waals surface area contributed by atoms with E-state index in [4.69, 9.17) is 4.74 Å². The van der Waals surface area contributed by atoms with Crippen molar-refractivity contribution < 1.29 is 23.1 Å².